The molecule has 0 aromatic carbocycles. The largest absolute Gasteiger partial charge is 0.480 e. The first-order chi connectivity index (χ1) is 5.75. The molecular formula is C8H9NO2S. The third kappa shape index (κ3) is 1.35. The Morgan fingerprint density at radius 1 is 1.50 bits per heavy atom. The number of carbonyl (C=O) groups is 1. The van der Waals surface area contributed by atoms with Crippen LogP contribution in [0, 0.1) is 0 Å². The number of fused-ring (bicyclic) bond motifs is 1. The number of hydrogen-bond acceptors (Lipinski definition) is 3. The molecule has 2 rings (SSSR count). The first-order valence-electron chi connectivity index (χ1n) is 3.74. The van der Waals surface area contributed by atoms with Gasteiger partial charge >= 0.3 is 5.97 Å². The van der Waals surface area contributed by atoms with Crippen LogP contribution in [-0.4, -0.2) is 22.5 Å². The van der Waals surface area contributed by atoms with Crippen molar-refractivity contribution in [2.75, 3.05) is 6.54 Å². The van der Waals surface area contributed by atoms with E-state index in [0.29, 0.717) is 0 Å². The highest BCUT2D eigenvalue weighted by Crippen LogP contribution is 2.25. The Balaban J connectivity index is 2.03. The van der Waals surface area contributed by atoms with Gasteiger partial charge in [0.1, 0.15) is 0 Å². The maximum absolute atomic E-state index is 10.4. The molecule has 0 amide bonds. The fourth-order valence-electron chi connectivity index (χ4n) is 1.47. The number of thiophene rings is 1. The minimum Gasteiger partial charge on any atom is -0.480 e. The third-order valence-corrected chi connectivity index (χ3v) is 2.82. The van der Waals surface area contributed by atoms with Crippen LogP contribution >= 0.6 is 11.3 Å². The summed E-state index contributed by atoms with van der Waals surface area (Å²) in [6.45, 7) is 1.75. The van der Waals surface area contributed by atoms with Gasteiger partial charge in [0.25, 0.3) is 0 Å². The van der Waals surface area contributed by atoms with E-state index in [9.17, 15) is 4.79 Å². The molecule has 2 heterocycles. The Morgan fingerprint density at radius 3 is 2.58 bits per heavy atom. The quantitative estimate of drug-likeness (QED) is 0.747. The molecular weight excluding hydrogens is 174 g/mol. The van der Waals surface area contributed by atoms with Gasteiger partial charge in [-0.25, -0.2) is 0 Å². The number of rotatable bonds is 2. The monoisotopic (exact) mass is 183 g/mol. The lowest BCUT2D eigenvalue weighted by molar-refractivity contribution is -0.138. The van der Waals surface area contributed by atoms with Crippen molar-refractivity contribution < 1.29 is 9.90 Å². The second-order valence-corrected chi connectivity index (χ2v) is 3.70. The zero-order valence-electron chi connectivity index (χ0n) is 6.49. The van der Waals surface area contributed by atoms with Gasteiger partial charge in [0.05, 0.1) is 6.54 Å². The molecule has 1 aliphatic heterocycles. The van der Waals surface area contributed by atoms with Crippen molar-refractivity contribution in [3.63, 3.8) is 0 Å². The van der Waals surface area contributed by atoms with Gasteiger partial charge < -0.3 is 5.11 Å². The van der Waals surface area contributed by atoms with E-state index >= 15 is 0 Å². The van der Waals surface area contributed by atoms with E-state index in [1.807, 2.05) is 4.90 Å². The summed E-state index contributed by atoms with van der Waals surface area (Å²) in [6.07, 6.45) is 0. The van der Waals surface area contributed by atoms with Crippen LogP contribution in [0.4, 0.5) is 0 Å². The first-order valence-corrected chi connectivity index (χ1v) is 4.68. The molecule has 12 heavy (non-hydrogen) atoms. The van der Waals surface area contributed by atoms with Crippen LogP contribution in [0.5, 0.6) is 0 Å². The molecule has 1 N–H and O–H groups in total. The summed E-state index contributed by atoms with van der Waals surface area (Å²) < 4.78 is 0. The lowest BCUT2D eigenvalue weighted by Gasteiger charge is -2.10. The Kier molecular flexibility index (Phi) is 1.86. The van der Waals surface area contributed by atoms with Crippen molar-refractivity contribution in [3.8, 4) is 0 Å². The van der Waals surface area contributed by atoms with Gasteiger partial charge in [-0.2, -0.15) is 11.3 Å². The van der Waals surface area contributed by atoms with Crippen LogP contribution in [0.25, 0.3) is 0 Å². The lowest BCUT2D eigenvalue weighted by Crippen LogP contribution is -2.24. The lowest BCUT2D eigenvalue weighted by atomic mass is 10.2. The number of aliphatic carboxylic acids is 1. The third-order valence-electron chi connectivity index (χ3n) is 1.98. The summed E-state index contributed by atoms with van der Waals surface area (Å²) in [5.41, 5.74) is 2.59. The van der Waals surface area contributed by atoms with Crippen LogP contribution in [0.3, 0.4) is 0 Å². The van der Waals surface area contributed by atoms with Crippen LogP contribution in [0.2, 0.25) is 0 Å². The van der Waals surface area contributed by atoms with Gasteiger partial charge in [-0.05, 0) is 21.9 Å². The molecule has 1 aromatic heterocycles. The second-order valence-electron chi connectivity index (χ2n) is 2.96. The maximum Gasteiger partial charge on any atom is 0.317 e. The van der Waals surface area contributed by atoms with E-state index in [-0.39, 0.29) is 6.54 Å². The number of carboxylic acid groups (broad SMARTS) is 1. The molecule has 0 saturated heterocycles. The minimum absolute atomic E-state index is 0.152. The summed E-state index contributed by atoms with van der Waals surface area (Å²) in [5.74, 6) is -0.746. The second kappa shape index (κ2) is 2.88. The van der Waals surface area contributed by atoms with Gasteiger partial charge in [0, 0.05) is 13.1 Å². The first kappa shape index (κ1) is 7.76. The average molecular weight is 183 g/mol. The highest BCUT2D eigenvalue weighted by molar-refractivity contribution is 7.08. The number of hydrogen-bond donors (Lipinski definition) is 1. The average Bonchev–Trinajstić information content (AvgIpc) is 2.43. The Labute approximate surface area is 74.2 Å². The molecule has 1 aliphatic rings. The molecule has 0 unspecified atom stereocenters. The van der Waals surface area contributed by atoms with Gasteiger partial charge in [-0.15, -0.1) is 0 Å². The number of carboxylic acids is 1. The van der Waals surface area contributed by atoms with Crippen molar-refractivity contribution in [1.29, 1.82) is 0 Å². The minimum atomic E-state index is -0.746. The van der Waals surface area contributed by atoms with Crippen LogP contribution in [-0.2, 0) is 17.9 Å². The predicted octanol–water partition coefficient (Wildman–Crippen LogP) is 1.15. The molecule has 64 valence electrons. The molecule has 4 heteroatoms. The highest BCUT2D eigenvalue weighted by Gasteiger charge is 2.20. The Bertz CT molecular complexity index is 287. The molecule has 0 aliphatic carbocycles. The smallest absolute Gasteiger partial charge is 0.317 e. The summed E-state index contributed by atoms with van der Waals surface area (Å²) in [4.78, 5) is 12.3. The summed E-state index contributed by atoms with van der Waals surface area (Å²) in [5, 5.41) is 12.7. The highest BCUT2D eigenvalue weighted by atomic mass is 32.1. The SMILES string of the molecule is O=C(O)CN1Cc2cscc2C1. The van der Waals surface area contributed by atoms with E-state index in [4.69, 9.17) is 5.11 Å². The standard InChI is InChI=1S/C8H9NO2S/c10-8(11)3-9-1-6-4-12-5-7(6)2-9/h4-5H,1-3H2,(H,10,11). The Morgan fingerprint density at radius 2 is 2.08 bits per heavy atom. The molecule has 3 nitrogen and oxygen atoms in total. The van der Waals surface area contributed by atoms with Gasteiger partial charge in [-0.3, -0.25) is 9.69 Å². The van der Waals surface area contributed by atoms with Crippen LogP contribution in [0.15, 0.2) is 10.8 Å². The topological polar surface area (TPSA) is 40.5 Å². The molecule has 0 saturated carbocycles. The van der Waals surface area contributed by atoms with Crippen LogP contribution in [0.1, 0.15) is 11.1 Å². The summed E-state index contributed by atoms with van der Waals surface area (Å²) in [7, 11) is 0. The molecule has 0 bridgehead atoms. The van der Waals surface area contributed by atoms with E-state index in [2.05, 4.69) is 10.8 Å². The summed E-state index contributed by atoms with van der Waals surface area (Å²) in [6, 6.07) is 0. The van der Waals surface area contributed by atoms with Crippen LogP contribution < -0.4 is 0 Å². The van der Waals surface area contributed by atoms with E-state index < -0.39 is 5.97 Å². The van der Waals surface area contributed by atoms with Crippen molar-refractivity contribution in [1.82, 2.24) is 4.90 Å². The maximum atomic E-state index is 10.4. The van der Waals surface area contributed by atoms with Gasteiger partial charge in [0.15, 0.2) is 0 Å². The molecule has 0 fully saturated rings. The molecule has 0 radical (unpaired) electrons. The van der Waals surface area contributed by atoms with Crippen molar-refractivity contribution >= 4 is 17.3 Å². The zero-order valence-corrected chi connectivity index (χ0v) is 7.30. The Hall–Kier alpha value is -0.870. The molecule has 0 spiro atoms. The number of nitrogens with zero attached hydrogens (tertiary/aromatic N) is 1. The molecule has 1 aromatic rings. The molecule has 0 atom stereocenters. The van der Waals surface area contributed by atoms with Crippen molar-refractivity contribution in [2.45, 2.75) is 13.1 Å². The van der Waals surface area contributed by atoms with Gasteiger partial charge in [-0.1, -0.05) is 0 Å². The van der Waals surface area contributed by atoms with E-state index in [1.165, 1.54) is 11.1 Å². The fourth-order valence-corrected chi connectivity index (χ4v) is 2.32. The summed E-state index contributed by atoms with van der Waals surface area (Å²) >= 11 is 1.69. The zero-order chi connectivity index (χ0) is 8.55. The van der Waals surface area contributed by atoms with Crippen molar-refractivity contribution in [3.05, 3.63) is 21.9 Å². The van der Waals surface area contributed by atoms with E-state index in [1.54, 1.807) is 11.3 Å². The normalized spacial score (nSPS) is 16.3. The van der Waals surface area contributed by atoms with E-state index in [0.717, 1.165) is 13.1 Å². The van der Waals surface area contributed by atoms with Gasteiger partial charge in [0.2, 0.25) is 0 Å². The fraction of sp³-hybridized carbons (Fsp3) is 0.375. The predicted molar refractivity (Wildman–Crippen MR) is 46.1 cm³/mol. The van der Waals surface area contributed by atoms with Crippen molar-refractivity contribution in [2.24, 2.45) is 0 Å².